The van der Waals surface area contributed by atoms with Crippen molar-refractivity contribution in [1.29, 1.82) is 0 Å². The van der Waals surface area contributed by atoms with Crippen LogP contribution in [0.3, 0.4) is 0 Å². The first-order valence-electron chi connectivity index (χ1n) is 10.2. The number of amides is 3. The Hall–Kier alpha value is -2.21. The van der Waals surface area contributed by atoms with Crippen molar-refractivity contribution in [2.24, 2.45) is 5.92 Å². The van der Waals surface area contributed by atoms with Gasteiger partial charge >= 0.3 is 0 Å². The maximum Gasteiger partial charge on any atom is 0.261 e. The molecule has 0 saturated heterocycles. The zero-order chi connectivity index (χ0) is 20.8. The molecule has 154 valence electrons. The molecule has 0 atom stereocenters. The first kappa shape index (κ1) is 22.1. The van der Waals surface area contributed by atoms with Crippen LogP contribution in [0.15, 0.2) is 18.2 Å². The van der Waals surface area contributed by atoms with Crippen LogP contribution in [0.25, 0.3) is 0 Å². The van der Waals surface area contributed by atoms with Crippen molar-refractivity contribution >= 4 is 17.7 Å². The van der Waals surface area contributed by atoms with Crippen LogP contribution in [0.5, 0.6) is 0 Å². The molecule has 6 nitrogen and oxygen atoms in total. The smallest absolute Gasteiger partial charge is 0.261 e. The average molecular weight is 388 g/mol. The largest absolute Gasteiger partial charge is 0.341 e. The molecule has 1 aromatic rings. The molecular formula is C22H33N3O3. The summed E-state index contributed by atoms with van der Waals surface area (Å²) in [7, 11) is 0. The van der Waals surface area contributed by atoms with Crippen LogP contribution in [0.4, 0.5) is 0 Å². The van der Waals surface area contributed by atoms with Gasteiger partial charge in [-0.25, -0.2) is 0 Å². The maximum absolute atomic E-state index is 12.8. The highest BCUT2D eigenvalue weighted by Crippen LogP contribution is 2.24. The number of imide groups is 1. The fraction of sp³-hybridized carbons (Fsp3) is 0.591. The Bertz CT molecular complexity index is 726. The molecule has 0 spiro atoms. The van der Waals surface area contributed by atoms with Crippen LogP contribution >= 0.6 is 0 Å². The molecule has 2 rings (SSSR count). The Labute approximate surface area is 168 Å². The number of hydrogen-bond acceptors (Lipinski definition) is 4. The van der Waals surface area contributed by atoms with Crippen molar-refractivity contribution < 1.29 is 14.4 Å². The number of likely N-dealkylation sites (N-methyl/N-ethyl adjacent to an activating group) is 1. The summed E-state index contributed by atoms with van der Waals surface area (Å²) >= 11 is 0. The lowest BCUT2D eigenvalue weighted by Crippen LogP contribution is -2.42. The van der Waals surface area contributed by atoms with Gasteiger partial charge in [0.2, 0.25) is 5.91 Å². The Balaban J connectivity index is 2.00. The molecule has 0 radical (unpaired) electrons. The number of nitrogens with zero attached hydrogens (tertiary/aromatic N) is 3. The third kappa shape index (κ3) is 5.19. The number of rotatable bonds is 10. The van der Waals surface area contributed by atoms with Gasteiger partial charge in [0.1, 0.15) is 0 Å². The topological polar surface area (TPSA) is 60.9 Å². The SMILES string of the molecule is CCN(CC)CCN(CC(C)C)C(=O)CCN1C(=O)c2ccc(C)cc2C1=O. The standard InChI is InChI=1S/C22H33N3O3/c1-6-23(7-2)12-13-24(15-16(3)4)20(26)10-11-25-21(27)18-9-8-17(5)14-19(18)22(25)28/h8-9,14,16H,6-7,10-13,15H2,1-5H3. The molecule has 1 heterocycles. The van der Waals surface area contributed by atoms with Crippen LogP contribution in [0, 0.1) is 12.8 Å². The minimum absolute atomic E-state index is 0.00593. The van der Waals surface area contributed by atoms with Gasteiger partial charge in [-0.05, 0) is 38.1 Å². The zero-order valence-electron chi connectivity index (χ0n) is 17.8. The lowest BCUT2D eigenvalue weighted by atomic mass is 10.1. The van der Waals surface area contributed by atoms with Gasteiger partial charge in [0.25, 0.3) is 11.8 Å². The van der Waals surface area contributed by atoms with Gasteiger partial charge in [0, 0.05) is 32.6 Å². The summed E-state index contributed by atoms with van der Waals surface area (Å²) in [6, 6.07) is 5.27. The van der Waals surface area contributed by atoms with E-state index in [1.807, 2.05) is 17.9 Å². The van der Waals surface area contributed by atoms with E-state index in [1.165, 1.54) is 4.90 Å². The normalized spacial score (nSPS) is 13.6. The summed E-state index contributed by atoms with van der Waals surface area (Å²) in [6.45, 7) is 14.5. The molecule has 0 aliphatic carbocycles. The molecule has 28 heavy (non-hydrogen) atoms. The Morgan fingerprint density at radius 1 is 1.04 bits per heavy atom. The summed E-state index contributed by atoms with van der Waals surface area (Å²) in [5, 5.41) is 0. The van der Waals surface area contributed by atoms with Crippen LogP contribution in [0.1, 0.15) is 60.4 Å². The monoisotopic (exact) mass is 387 g/mol. The summed E-state index contributed by atoms with van der Waals surface area (Å²) in [5.41, 5.74) is 1.82. The summed E-state index contributed by atoms with van der Waals surface area (Å²) in [6.07, 6.45) is 0.162. The molecule has 3 amide bonds. The average Bonchev–Trinajstić information content (AvgIpc) is 2.89. The summed E-state index contributed by atoms with van der Waals surface area (Å²) < 4.78 is 0. The van der Waals surface area contributed by atoms with Crippen LogP contribution in [-0.2, 0) is 4.79 Å². The molecule has 1 aliphatic heterocycles. The van der Waals surface area contributed by atoms with Crippen molar-refractivity contribution in [2.45, 2.75) is 41.0 Å². The molecule has 0 bridgehead atoms. The predicted octanol–water partition coefficient (Wildman–Crippen LogP) is 2.81. The Kier molecular flexibility index (Phi) is 7.75. The Morgan fingerprint density at radius 3 is 2.29 bits per heavy atom. The maximum atomic E-state index is 12.8. The molecule has 1 aliphatic rings. The Morgan fingerprint density at radius 2 is 1.68 bits per heavy atom. The number of hydrogen-bond donors (Lipinski definition) is 0. The lowest BCUT2D eigenvalue weighted by Gasteiger charge is -2.28. The van der Waals surface area contributed by atoms with Gasteiger partial charge in [-0.3, -0.25) is 19.3 Å². The van der Waals surface area contributed by atoms with Crippen molar-refractivity contribution in [3.05, 3.63) is 34.9 Å². The van der Waals surface area contributed by atoms with E-state index in [1.54, 1.807) is 12.1 Å². The van der Waals surface area contributed by atoms with E-state index >= 15 is 0 Å². The molecule has 0 aromatic heterocycles. The third-order valence-electron chi connectivity index (χ3n) is 5.19. The van der Waals surface area contributed by atoms with E-state index in [2.05, 4.69) is 32.6 Å². The molecule has 0 fully saturated rings. The van der Waals surface area contributed by atoms with Gasteiger partial charge in [-0.1, -0.05) is 39.3 Å². The molecule has 6 heteroatoms. The molecule has 0 saturated carbocycles. The number of benzene rings is 1. The zero-order valence-corrected chi connectivity index (χ0v) is 17.8. The van der Waals surface area contributed by atoms with Crippen molar-refractivity contribution in [3.8, 4) is 0 Å². The van der Waals surface area contributed by atoms with Crippen LogP contribution in [0.2, 0.25) is 0 Å². The number of carbonyl (C=O) groups is 3. The van der Waals surface area contributed by atoms with E-state index in [-0.39, 0.29) is 30.7 Å². The van der Waals surface area contributed by atoms with E-state index in [9.17, 15) is 14.4 Å². The summed E-state index contributed by atoms with van der Waals surface area (Å²) in [5.74, 6) is -0.238. The second-order valence-corrected chi connectivity index (χ2v) is 7.82. The predicted molar refractivity (Wildman–Crippen MR) is 110 cm³/mol. The molecule has 1 aromatic carbocycles. The molecule has 0 N–H and O–H groups in total. The van der Waals surface area contributed by atoms with Crippen molar-refractivity contribution in [1.82, 2.24) is 14.7 Å². The van der Waals surface area contributed by atoms with E-state index in [4.69, 9.17) is 0 Å². The van der Waals surface area contributed by atoms with Gasteiger partial charge in [0.05, 0.1) is 11.1 Å². The quantitative estimate of drug-likeness (QED) is 0.579. The highest BCUT2D eigenvalue weighted by Gasteiger charge is 2.35. The van der Waals surface area contributed by atoms with Crippen LogP contribution in [-0.4, -0.2) is 71.7 Å². The van der Waals surface area contributed by atoms with E-state index < -0.39 is 0 Å². The van der Waals surface area contributed by atoms with E-state index in [0.717, 1.165) is 25.2 Å². The molecule has 0 unspecified atom stereocenters. The fourth-order valence-corrected chi connectivity index (χ4v) is 3.53. The number of carbonyl (C=O) groups excluding carboxylic acids is 3. The number of fused-ring (bicyclic) bond motifs is 1. The second-order valence-electron chi connectivity index (χ2n) is 7.82. The minimum atomic E-state index is -0.300. The fourth-order valence-electron chi connectivity index (χ4n) is 3.53. The highest BCUT2D eigenvalue weighted by atomic mass is 16.2. The van der Waals surface area contributed by atoms with Gasteiger partial charge in [-0.2, -0.15) is 0 Å². The van der Waals surface area contributed by atoms with E-state index in [0.29, 0.717) is 30.1 Å². The van der Waals surface area contributed by atoms with Crippen molar-refractivity contribution in [3.63, 3.8) is 0 Å². The van der Waals surface area contributed by atoms with Crippen molar-refractivity contribution in [2.75, 3.05) is 39.3 Å². The van der Waals surface area contributed by atoms with Gasteiger partial charge < -0.3 is 9.80 Å². The third-order valence-corrected chi connectivity index (χ3v) is 5.19. The highest BCUT2D eigenvalue weighted by molar-refractivity contribution is 6.21. The van der Waals surface area contributed by atoms with Gasteiger partial charge in [0.15, 0.2) is 0 Å². The lowest BCUT2D eigenvalue weighted by molar-refractivity contribution is -0.132. The first-order valence-corrected chi connectivity index (χ1v) is 10.2. The van der Waals surface area contributed by atoms with Crippen LogP contribution < -0.4 is 0 Å². The second kappa shape index (κ2) is 9.82. The first-order chi connectivity index (χ1) is 13.3. The van der Waals surface area contributed by atoms with Gasteiger partial charge in [-0.15, -0.1) is 0 Å². The molecular weight excluding hydrogens is 354 g/mol. The number of aryl methyl sites for hydroxylation is 1. The summed E-state index contributed by atoms with van der Waals surface area (Å²) in [4.78, 5) is 43.3. The minimum Gasteiger partial charge on any atom is -0.341 e.